The molecule has 1 unspecified atom stereocenters. The molecule has 0 spiro atoms. The highest BCUT2D eigenvalue weighted by Gasteiger charge is 2.26. The molecule has 0 aliphatic carbocycles. The molecule has 0 bridgehead atoms. The van der Waals surface area contributed by atoms with Crippen molar-refractivity contribution in [1.82, 2.24) is 10.2 Å². The zero-order chi connectivity index (χ0) is 12.9. The number of thioether (sulfide) groups is 1. The van der Waals surface area contributed by atoms with E-state index < -0.39 is 0 Å². The van der Waals surface area contributed by atoms with E-state index in [1.54, 1.807) is 0 Å². The quantitative estimate of drug-likeness (QED) is 0.838. The maximum atomic E-state index is 12.1. The minimum atomic E-state index is 0.288. The lowest BCUT2D eigenvalue weighted by molar-refractivity contribution is -0.131. The number of carbonyl (C=O) groups excluding carboxylic acids is 1. The summed E-state index contributed by atoms with van der Waals surface area (Å²) in [6.45, 7) is 11.4. The van der Waals surface area contributed by atoms with E-state index in [4.69, 9.17) is 0 Å². The lowest BCUT2D eigenvalue weighted by Gasteiger charge is -2.24. The smallest absolute Gasteiger partial charge is 0.224 e. The minimum Gasteiger partial charge on any atom is -0.342 e. The highest BCUT2D eigenvalue weighted by Crippen LogP contribution is 2.30. The van der Waals surface area contributed by atoms with E-state index in [1.807, 2.05) is 16.7 Å². The van der Waals surface area contributed by atoms with Gasteiger partial charge < -0.3 is 10.2 Å². The van der Waals surface area contributed by atoms with Gasteiger partial charge >= 0.3 is 0 Å². The van der Waals surface area contributed by atoms with Crippen LogP contribution in [0.5, 0.6) is 0 Å². The maximum Gasteiger partial charge on any atom is 0.224 e. The van der Waals surface area contributed by atoms with Crippen molar-refractivity contribution in [2.45, 2.75) is 51.3 Å². The molecule has 0 aromatic heterocycles. The Bertz CT molecular complexity index is 256. The van der Waals surface area contributed by atoms with Crippen LogP contribution < -0.4 is 5.32 Å². The Hall–Kier alpha value is -0.220. The zero-order valence-corrected chi connectivity index (χ0v) is 12.4. The van der Waals surface area contributed by atoms with Crippen LogP contribution in [0.2, 0.25) is 0 Å². The van der Waals surface area contributed by atoms with Crippen molar-refractivity contribution >= 4 is 17.7 Å². The molecule has 1 fully saturated rings. The van der Waals surface area contributed by atoms with E-state index in [0.717, 1.165) is 31.8 Å². The van der Waals surface area contributed by atoms with Gasteiger partial charge in [0.15, 0.2) is 0 Å². The van der Waals surface area contributed by atoms with E-state index in [9.17, 15) is 4.79 Å². The first-order valence-corrected chi connectivity index (χ1v) is 7.58. The number of rotatable bonds is 4. The molecule has 1 saturated heterocycles. The van der Waals surface area contributed by atoms with E-state index in [-0.39, 0.29) is 6.04 Å². The van der Waals surface area contributed by atoms with Crippen molar-refractivity contribution in [2.24, 2.45) is 0 Å². The van der Waals surface area contributed by atoms with Crippen LogP contribution in [-0.2, 0) is 4.79 Å². The molecule has 0 saturated carbocycles. The van der Waals surface area contributed by atoms with Crippen LogP contribution in [-0.4, -0.2) is 47.0 Å². The van der Waals surface area contributed by atoms with Crippen molar-refractivity contribution < 1.29 is 4.79 Å². The van der Waals surface area contributed by atoms with E-state index >= 15 is 0 Å². The van der Waals surface area contributed by atoms with E-state index in [1.165, 1.54) is 0 Å². The molecule has 0 aromatic carbocycles. The summed E-state index contributed by atoms with van der Waals surface area (Å²) in [5, 5.41) is 3.29. The lowest BCUT2D eigenvalue weighted by Crippen LogP contribution is -2.38. The number of nitrogens with zero attached hydrogens (tertiary/aromatic N) is 1. The van der Waals surface area contributed by atoms with Crippen LogP contribution >= 0.6 is 11.8 Å². The predicted molar refractivity (Wildman–Crippen MR) is 75.5 cm³/mol. The third kappa shape index (κ3) is 5.30. The van der Waals surface area contributed by atoms with Gasteiger partial charge in [0, 0.05) is 36.1 Å². The summed E-state index contributed by atoms with van der Waals surface area (Å²) in [4.78, 5) is 14.2. The van der Waals surface area contributed by atoms with Crippen molar-refractivity contribution in [3.05, 3.63) is 0 Å². The second-order valence-corrected chi connectivity index (χ2v) is 7.20. The molecule has 1 amide bonds. The Kier molecular flexibility index (Phi) is 5.80. The third-order valence-electron chi connectivity index (χ3n) is 3.22. The number of hydrogen-bond acceptors (Lipinski definition) is 3. The van der Waals surface area contributed by atoms with Gasteiger partial charge in [-0.05, 0) is 19.9 Å². The summed E-state index contributed by atoms with van der Waals surface area (Å²) in [6.07, 6.45) is 1.72. The van der Waals surface area contributed by atoms with Gasteiger partial charge in [-0.2, -0.15) is 11.8 Å². The SMILES string of the molecule is CCNC(C)CC(=O)N1CCSC(C)(C)CC1. The fourth-order valence-electron chi connectivity index (χ4n) is 2.08. The van der Waals surface area contributed by atoms with Gasteiger partial charge in [0.1, 0.15) is 0 Å². The maximum absolute atomic E-state index is 12.1. The summed E-state index contributed by atoms with van der Waals surface area (Å²) in [7, 11) is 0. The average Bonchev–Trinajstić information content (AvgIpc) is 2.39. The molecule has 100 valence electrons. The van der Waals surface area contributed by atoms with E-state index in [0.29, 0.717) is 17.1 Å². The Balaban J connectivity index is 2.41. The molecule has 4 heteroatoms. The normalized spacial score (nSPS) is 22.0. The number of carbonyl (C=O) groups is 1. The topological polar surface area (TPSA) is 32.3 Å². The van der Waals surface area contributed by atoms with Gasteiger partial charge in [-0.15, -0.1) is 0 Å². The van der Waals surface area contributed by atoms with Gasteiger partial charge in [0.05, 0.1) is 0 Å². The average molecular weight is 258 g/mol. The van der Waals surface area contributed by atoms with Crippen LogP contribution in [0, 0.1) is 0 Å². The monoisotopic (exact) mass is 258 g/mol. The highest BCUT2D eigenvalue weighted by molar-refractivity contribution is 8.00. The molecule has 1 atom stereocenters. The standard InChI is InChI=1S/C13H26N2OS/c1-5-14-11(2)10-12(16)15-7-6-13(3,4)17-9-8-15/h11,14H,5-10H2,1-4H3. The van der Waals surface area contributed by atoms with Gasteiger partial charge in [-0.25, -0.2) is 0 Å². The third-order valence-corrected chi connectivity index (χ3v) is 4.60. The predicted octanol–water partition coefficient (Wildman–Crippen LogP) is 2.12. The molecule has 1 heterocycles. The Morgan fingerprint density at radius 1 is 1.47 bits per heavy atom. The van der Waals surface area contributed by atoms with Crippen LogP contribution in [0.1, 0.15) is 40.5 Å². The lowest BCUT2D eigenvalue weighted by atomic mass is 10.1. The van der Waals surface area contributed by atoms with Gasteiger partial charge in [-0.3, -0.25) is 4.79 Å². The first-order valence-electron chi connectivity index (χ1n) is 6.60. The second-order valence-electron chi connectivity index (χ2n) is 5.40. The molecule has 0 radical (unpaired) electrons. The van der Waals surface area contributed by atoms with Crippen molar-refractivity contribution in [1.29, 1.82) is 0 Å². The molecule has 1 rings (SSSR count). The molecule has 1 N–H and O–H groups in total. The number of amides is 1. The molecular weight excluding hydrogens is 232 g/mol. The summed E-state index contributed by atoms with van der Waals surface area (Å²) < 4.78 is 0.322. The number of hydrogen-bond donors (Lipinski definition) is 1. The molecular formula is C13H26N2OS. The van der Waals surface area contributed by atoms with Crippen molar-refractivity contribution in [2.75, 3.05) is 25.4 Å². The summed E-state index contributed by atoms with van der Waals surface area (Å²) in [6, 6.07) is 0.288. The minimum absolute atomic E-state index is 0.288. The molecule has 1 aliphatic rings. The Morgan fingerprint density at radius 3 is 2.82 bits per heavy atom. The van der Waals surface area contributed by atoms with Gasteiger partial charge in [0.25, 0.3) is 0 Å². The zero-order valence-electron chi connectivity index (χ0n) is 11.6. The molecule has 0 aromatic rings. The summed E-state index contributed by atoms with van der Waals surface area (Å²) in [5.41, 5.74) is 0. The fourth-order valence-corrected chi connectivity index (χ4v) is 3.18. The van der Waals surface area contributed by atoms with Gasteiger partial charge in [-0.1, -0.05) is 20.8 Å². The highest BCUT2D eigenvalue weighted by atomic mass is 32.2. The van der Waals surface area contributed by atoms with Crippen LogP contribution in [0.15, 0.2) is 0 Å². The number of nitrogens with one attached hydrogen (secondary N) is 1. The Labute approximate surface area is 110 Å². The molecule has 1 aliphatic heterocycles. The largest absolute Gasteiger partial charge is 0.342 e. The fraction of sp³-hybridized carbons (Fsp3) is 0.923. The molecule has 3 nitrogen and oxygen atoms in total. The van der Waals surface area contributed by atoms with Crippen molar-refractivity contribution in [3.63, 3.8) is 0 Å². The second kappa shape index (κ2) is 6.64. The van der Waals surface area contributed by atoms with Gasteiger partial charge in [0.2, 0.25) is 5.91 Å². The first-order chi connectivity index (χ1) is 7.94. The summed E-state index contributed by atoms with van der Waals surface area (Å²) in [5.74, 6) is 1.37. The van der Waals surface area contributed by atoms with Crippen LogP contribution in [0.4, 0.5) is 0 Å². The van der Waals surface area contributed by atoms with Crippen molar-refractivity contribution in [3.8, 4) is 0 Å². The first kappa shape index (κ1) is 14.8. The van der Waals surface area contributed by atoms with E-state index in [2.05, 4.69) is 33.0 Å². The molecule has 17 heavy (non-hydrogen) atoms. The Morgan fingerprint density at radius 2 is 2.18 bits per heavy atom. The van der Waals surface area contributed by atoms with Crippen LogP contribution in [0.3, 0.4) is 0 Å². The summed E-state index contributed by atoms with van der Waals surface area (Å²) >= 11 is 1.98. The van der Waals surface area contributed by atoms with Crippen LogP contribution in [0.25, 0.3) is 0 Å².